The minimum atomic E-state index is -0.0774. The summed E-state index contributed by atoms with van der Waals surface area (Å²) in [4.78, 5) is 19.8. The second-order valence-corrected chi connectivity index (χ2v) is 6.23. The third kappa shape index (κ3) is 3.00. The molecule has 0 N–H and O–H groups in total. The van der Waals surface area contributed by atoms with Crippen molar-refractivity contribution in [3.63, 3.8) is 0 Å². The summed E-state index contributed by atoms with van der Waals surface area (Å²) >= 11 is 1.48. The maximum atomic E-state index is 12.6. The van der Waals surface area contributed by atoms with Crippen LogP contribution in [-0.4, -0.2) is 27.5 Å². The van der Waals surface area contributed by atoms with Crippen LogP contribution < -0.4 is 0 Å². The predicted octanol–water partition coefficient (Wildman–Crippen LogP) is 3.45. The highest BCUT2D eigenvalue weighted by Gasteiger charge is 2.32. The molecule has 2 aromatic heterocycles. The Morgan fingerprint density at radius 1 is 1.52 bits per heavy atom. The van der Waals surface area contributed by atoms with E-state index in [0.29, 0.717) is 5.89 Å². The number of nitrogens with zero attached hydrogens (tertiary/aromatic N) is 3. The molecule has 0 saturated carbocycles. The van der Waals surface area contributed by atoms with Gasteiger partial charge in [-0.3, -0.25) is 4.79 Å². The van der Waals surface area contributed by atoms with Gasteiger partial charge in [-0.1, -0.05) is 18.1 Å². The average molecular weight is 305 g/mol. The highest BCUT2D eigenvalue weighted by molar-refractivity contribution is 7.12. The van der Waals surface area contributed by atoms with Crippen LogP contribution in [0.25, 0.3) is 0 Å². The monoisotopic (exact) mass is 305 g/mol. The van der Waals surface area contributed by atoms with E-state index in [4.69, 9.17) is 4.52 Å². The predicted molar refractivity (Wildman–Crippen MR) is 80.2 cm³/mol. The third-order valence-corrected chi connectivity index (χ3v) is 4.60. The van der Waals surface area contributed by atoms with Crippen molar-refractivity contribution in [2.24, 2.45) is 0 Å². The van der Waals surface area contributed by atoms with Crippen LogP contribution in [0.4, 0.5) is 0 Å². The number of likely N-dealkylation sites (tertiary alicyclic amines) is 1. The van der Waals surface area contributed by atoms with Crippen molar-refractivity contribution in [1.82, 2.24) is 15.0 Å². The summed E-state index contributed by atoms with van der Waals surface area (Å²) in [7, 11) is 0. The molecule has 0 spiro atoms. The molecule has 1 unspecified atom stereocenters. The van der Waals surface area contributed by atoms with E-state index in [-0.39, 0.29) is 11.9 Å². The van der Waals surface area contributed by atoms with E-state index in [0.717, 1.165) is 49.4 Å². The van der Waals surface area contributed by atoms with Gasteiger partial charge in [0.05, 0.1) is 4.88 Å². The molecule has 0 bridgehead atoms. The zero-order valence-corrected chi connectivity index (χ0v) is 12.9. The van der Waals surface area contributed by atoms with E-state index in [1.165, 1.54) is 11.3 Å². The minimum absolute atomic E-state index is 0.0740. The molecule has 3 rings (SSSR count). The first-order chi connectivity index (χ1) is 10.3. The summed E-state index contributed by atoms with van der Waals surface area (Å²) < 4.78 is 5.40. The van der Waals surface area contributed by atoms with Gasteiger partial charge in [0, 0.05) is 13.0 Å². The van der Waals surface area contributed by atoms with E-state index in [2.05, 4.69) is 17.1 Å². The van der Waals surface area contributed by atoms with E-state index in [9.17, 15) is 4.79 Å². The summed E-state index contributed by atoms with van der Waals surface area (Å²) in [5.74, 6) is 1.40. The Hall–Kier alpha value is -1.69. The maximum Gasteiger partial charge on any atom is 0.264 e. The molecule has 1 saturated heterocycles. The van der Waals surface area contributed by atoms with Crippen molar-refractivity contribution in [3.8, 4) is 0 Å². The molecule has 1 fully saturated rings. The lowest BCUT2D eigenvalue weighted by Gasteiger charge is -2.33. The topological polar surface area (TPSA) is 59.2 Å². The number of aryl methyl sites for hydroxylation is 1. The molecule has 0 aromatic carbocycles. The van der Waals surface area contributed by atoms with Crippen LogP contribution in [0.2, 0.25) is 0 Å². The van der Waals surface area contributed by atoms with Gasteiger partial charge in [0.2, 0.25) is 5.89 Å². The maximum absolute atomic E-state index is 12.6. The fourth-order valence-corrected chi connectivity index (χ4v) is 3.38. The Morgan fingerprint density at radius 3 is 3.19 bits per heavy atom. The number of carbonyl (C=O) groups excluding carboxylic acids is 1. The Labute approximate surface area is 128 Å². The molecule has 2 aromatic rings. The molecular weight excluding hydrogens is 286 g/mol. The van der Waals surface area contributed by atoms with Crippen LogP contribution in [-0.2, 0) is 6.42 Å². The first-order valence-electron chi connectivity index (χ1n) is 7.46. The van der Waals surface area contributed by atoms with Crippen molar-refractivity contribution in [2.45, 2.75) is 45.1 Å². The summed E-state index contributed by atoms with van der Waals surface area (Å²) in [6.07, 6.45) is 4.81. The SMILES string of the molecule is CCCc1noc(C2CCCCN2C(=O)c2cccs2)n1. The van der Waals surface area contributed by atoms with Gasteiger partial charge in [-0.15, -0.1) is 11.3 Å². The van der Waals surface area contributed by atoms with Crippen molar-refractivity contribution in [2.75, 3.05) is 6.54 Å². The van der Waals surface area contributed by atoms with Gasteiger partial charge >= 0.3 is 0 Å². The van der Waals surface area contributed by atoms with E-state index in [1.807, 2.05) is 22.4 Å². The summed E-state index contributed by atoms with van der Waals surface area (Å²) in [5.41, 5.74) is 0. The van der Waals surface area contributed by atoms with Gasteiger partial charge in [0.15, 0.2) is 5.82 Å². The number of hydrogen-bond donors (Lipinski definition) is 0. The summed E-state index contributed by atoms with van der Waals surface area (Å²) in [6, 6.07) is 3.70. The molecule has 1 amide bonds. The second-order valence-electron chi connectivity index (χ2n) is 5.29. The minimum Gasteiger partial charge on any atom is -0.337 e. The van der Waals surface area contributed by atoms with E-state index in [1.54, 1.807) is 0 Å². The van der Waals surface area contributed by atoms with Gasteiger partial charge in [0.1, 0.15) is 6.04 Å². The molecule has 1 atom stereocenters. The molecule has 5 nitrogen and oxygen atoms in total. The van der Waals surface area contributed by atoms with Gasteiger partial charge in [0.25, 0.3) is 5.91 Å². The van der Waals surface area contributed by atoms with Crippen LogP contribution >= 0.6 is 11.3 Å². The molecule has 112 valence electrons. The van der Waals surface area contributed by atoms with Crippen molar-refractivity contribution in [1.29, 1.82) is 0 Å². The van der Waals surface area contributed by atoms with Crippen LogP contribution in [0.15, 0.2) is 22.0 Å². The Morgan fingerprint density at radius 2 is 2.43 bits per heavy atom. The van der Waals surface area contributed by atoms with Gasteiger partial charge in [-0.05, 0) is 37.1 Å². The third-order valence-electron chi connectivity index (χ3n) is 3.74. The Bertz CT molecular complexity index is 594. The van der Waals surface area contributed by atoms with Gasteiger partial charge in [-0.25, -0.2) is 0 Å². The normalized spacial score (nSPS) is 18.9. The first-order valence-corrected chi connectivity index (χ1v) is 8.34. The largest absolute Gasteiger partial charge is 0.337 e. The number of thiophene rings is 1. The quantitative estimate of drug-likeness (QED) is 0.868. The van der Waals surface area contributed by atoms with Crippen LogP contribution in [0.1, 0.15) is 60.0 Å². The van der Waals surface area contributed by atoms with Crippen LogP contribution in [0.3, 0.4) is 0 Å². The van der Waals surface area contributed by atoms with Crippen LogP contribution in [0, 0.1) is 0 Å². The standard InChI is InChI=1S/C15H19N3O2S/c1-2-6-13-16-14(20-17-13)11-7-3-4-9-18(11)15(19)12-8-5-10-21-12/h5,8,10-11H,2-4,6-7,9H2,1H3. The molecule has 21 heavy (non-hydrogen) atoms. The summed E-state index contributed by atoms with van der Waals surface area (Å²) in [6.45, 7) is 2.84. The zero-order chi connectivity index (χ0) is 14.7. The van der Waals surface area contributed by atoms with Gasteiger partial charge in [-0.2, -0.15) is 4.98 Å². The number of piperidine rings is 1. The van der Waals surface area contributed by atoms with E-state index < -0.39 is 0 Å². The fourth-order valence-electron chi connectivity index (χ4n) is 2.70. The number of rotatable bonds is 4. The molecular formula is C15H19N3O2S. The van der Waals surface area contributed by atoms with E-state index >= 15 is 0 Å². The molecule has 6 heteroatoms. The smallest absolute Gasteiger partial charge is 0.264 e. The number of aromatic nitrogens is 2. The molecule has 0 radical (unpaired) electrons. The molecule has 1 aliphatic heterocycles. The van der Waals surface area contributed by atoms with Crippen molar-refractivity contribution < 1.29 is 9.32 Å². The Kier molecular flexibility index (Phi) is 4.34. The lowest BCUT2D eigenvalue weighted by atomic mass is 10.0. The van der Waals surface area contributed by atoms with Gasteiger partial charge < -0.3 is 9.42 Å². The number of hydrogen-bond acceptors (Lipinski definition) is 5. The lowest BCUT2D eigenvalue weighted by molar-refractivity contribution is 0.0566. The van der Waals surface area contributed by atoms with Crippen LogP contribution in [0.5, 0.6) is 0 Å². The van der Waals surface area contributed by atoms with Crippen molar-refractivity contribution in [3.05, 3.63) is 34.1 Å². The Balaban J connectivity index is 1.82. The van der Waals surface area contributed by atoms with Crippen molar-refractivity contribution >= 4 is 17.2 Å². The molecule has 3 heterocycles. The number of carbonyl (C=O) groups is 1. The molecule has 1 aliphatic rings. The molecule has 0 aliphatic carbocycles. The fraction of sp³-hybridized carbons (Fsp3) is 0.533. The second kappa shape index (κ2) is 6.39. The summed E-state index contributed by atoms with van der Waals surface area (Å²) in [5, 5.41) is 5.94. The highest BCUT2D eigenvalue weighted by Crippen LogP contribution is 2.31. The highest BCUT2D eigenvalue weighted by atomic mass is 32.1. The first kappa shape index (κ1) is 14.3. The number of amides is 1. The lowest BCUT2D eigenvalue weighted by Crippen LogP contribution is -2.38. The zero-order valence-electron chi connectivity index (χ0n) is 12.1. The average Bonchev–Trinajstić information content (AvgIpc) is 3.18.